The molecule has 1 aromatic carbocycles. The van der Waals surface area contributed by atoms with Gasteiger partial charge in [0.05, 0.1) is 19.9 Å². The molecule has 0 aliphatic heterocycles. The highest BCUT2D eigenvalue weighted by atomic mass is 35.5. The van der Waals surface area contributed by atoms with Crippen molar-refractivity contribution >= 4 is 11.6 Å². The molecule has 20 heavy (non-hydrogen) atoms. The summed E-state index contributed by atoms with van der Waals surface area (Å²) in [7, 11) is 3.24. The van der Waals surface area contributed by atoms with Gasteiger partial charge >= 0.3 is 0 Å². The Balaban J connectivity index is 2.64. The summed E-state index contributed by atoms with van der Waals surface area (Å²) >= 11 is 6.19. The van der Waals surface area contributed by atoms with Crippen LogP contribution in [0.5, 0.6) is 11.5 Å². The van der Waals surface area contributed by atoms with Crippen LogP contribution in [0.15, 0.2) is 18.2 Å². The third-order valence-corrected chi connectivity index (χ3v) is 3.48. The van der Waals surface area contributed by atoms with E-state index < -0.39 is 0 Å². The third-order valence-electron chi connectivity index (χ3n) is 3.11. The Hall–Kier alpha value is -1.81. The van der Waals surface area contributed by atoms with Gasteiger partial charge in [-0.3, -0.25) is 0 Å². The van der Waals surface area contributed by atoms with Gasteiger partial charge in [0.1, 0.15) is 22.5 Å². The number of halogens is 1. The van der Waals surface area contributed by atoms with E-state index in [4.69, 9.17) is 21.1 Å². The summed E-state index contributed by atoms with van der Waals surface area (Å²) < 4.78 is 10.6. The maximum atomic E-state index is 6.19. The van der Waals surface area contributed by atoms with Gasteiger partial charge in [-0.2, -0.15) is 0 Å². The summed E-state index contributed by atoms with van der Waals surface area (Å²) in [5.41, 5.74) is 2.51. The van der Waals surface area contributed by atoms with Crippen molar-refractivity contribution in [2.75, 3.05) is 14.2 Å². The van der Waals surface area contributed by atoms with Crippen LogP contribution < -0.4 is 9.47 Å². The highest BCUT2D eigenvalue weighted by molar-refractivity contribution is 6.30. The number of nitrogens with zero attached hydrogens (tertiary/aromatic N) is 2. The van der Waals surface area contributed by atoms with E-state index >= 15 is 0 Å². The predicted molar refractivity (Wildman–Crippen MR) is 79.7 cm³/mol. The normalized spacial score (nSPS) is 10.4. The molecule has 1 aromatic heterocycles. The average Bonchev–Trinajstić information content (AvgIpc) is 2.49. The summed E-state index contributed by atoms with van der Waals surface area (Å²) in [6, 6.07) is 5.62. The van der Waals surface area contributed by atoms with Gasteiger partial charge in [0, 0.05) is 23.6 Å². The molecule has 2 aromatic rings. The first-order valence-electron chi connectivity index (χ1n) is 6.36. The largest absolute Gasteiger partial charge is 0.497 e. The van der Waals surface area contributed by atoms with Crippen LogP contribution in [0, 0.1) is 6.92 Å². The lowest BCUT2D eigenvalue weighted by Gasteiger charge is -2.13. The molecule has 0 saturated heterocycles. The maximum absolute atomic E-state index is 6.19. The molecule has 0 bridgehead atoms. The molecule has 0 N–H and O–H groups in total. The number of ether oxygens (including phenoxy) is 2. The molecule has 0 aliphatic rings. The molecule has 0 aliphatic carbocycles. The fourth-order valence-corrected chi connectivity index (χ4v) is 2.13. The first kappa shape index (κ1) is 14.6. The molecule has 0 amide bonds. The first-order chi connectivity index (χ1) is 9.60. The second-order valence-corrected chi connectivity index (χ2v) is 4.68. The molecule has 0 radical (unpaired) electrons. The topological polar surface area (TPSA) is 44.2 Å². The van der Waals surface area contributed by atoms with Gasteiger partial charge in [0.15, 0.2) is 0 Å². The van der Waals surface area contributed by atoms with Crippen LogP contribution in [0.3, 0.4) is 0 Å². The van der Waals surface area contributed by atoms with Crippen LogP contribution in [-0.4, -0.2) is 24.2 Å². The molecule has 0 unspecified atom stereocenters. The number of aryl methyl sites for hydroxylation is 1. The van der Waals surface area contributed by atoms with Gasteiger partial charge < -0.3 is 9.47 Å². The monoisotopic (exact) mass is 292 g/mol. The lowest BCUT2D eigenvalue weighted by atomic mass is 10.1. The zero-order valence-corrected chi connectivity index (χ0v) is 12.8. The lowest BCUT2D eigenvalue weighted by molar-refractivity contribution is 0.395. The fraction of sp³-hybridized carbons (Fsp3) is 0.333. The second-order valence-electron chi connectivity index (χ2n) is 4.32. The van der Waals surface area contributed by atoms with E-state index in [2.05, 4.69) is 9.97 Å². The van der Waals surface area contributed by atoms with E-state index in [0.717, 1.165) is 29.0 Å². The minimum atomic E-state index is 0.477. The van der Waals surface area contributed by atoms with Gasteiger partial charge in [-0.15, -0.1) is 0 Å². The van der Waals surface area contributed by atoms with Gasteiger partial charge in [0.25, 0.3) is 0 Å². The van der Waals surface area contributed by atoms with Crippen LogP contribution in [0.1, 0.15) is 18.3 Å². The van der Waals surface area contributed by atoms with Crippen molar-refractivity contribution in [2.24, 2.45) is 0 Å². The second kappa shape index (κ2) is 6.09. The standard InChI is InChI=1S/C15H17ClN2O2/c1-5-13-17-14(9(2)15(16)18-13)11-7-6-10(19-3)8-12(11)20-4/h6-8H,5H2,1-4H3. The van der Waals surface area contributed by atoms with Crippen LogP contribution >= 0.6 is 11.6 Å². The van der Waals surface area contributed by atoms with E-state index in [0.29, 0.717) is 16.7 Å². The number of hydrogen-bond donors (Lipinski definition) is 0. The Morgan fingerprint density at radius 1 is 1.15 bits per heavy atom. The average molecular weight is 293 g/mol. The molecule has 5 heteroatoms. The zero-order chi connectivity index (χ0) is 14.7. The highest BCUT2D eigenvalue weighted by Crippen LogP contribution is 2.35. The van der Waals surface area contributed by atoms with Crippen LogP contribution in [0.2, 0.25) is 5.15 Å². The number of methoxy groups -OCH3 is 2. The number of rotatable bonds is 4. The highest BCUT2D eigenvalue weighted by Gasteiger charge is 2.15. The molecule has 1 heterocycles. The van der Waals surface area contributed by atoms with Crippen molar-refractivity contribution in [3.8, 4) is 22.8 Å². The lowest BCUT2D eigenvalue weighted by Crippen LogP contribution is -2.01. The molecule has 0 atom stereocenters. The quantitative estimate of drug-likeness (QED) is 0.806. The Morgan fingerprint density at radius 2 is 1.90 bits per heavy atom. The maximum Gasteiger partial charge on any atom is 0.136 e. The van der Waals surface area contributed by atoms with E-state index in [9.17, 15) is 0 Å². The van der Waals surface area contributed by atoms with Crippen molar-refractivity contribution in [2.45, 2.75) is 20.3 Å². The molecular formula is C15H17ClN2O2. The molecule has 106 valence electrons. The SMILES string of the molecule is CCc1nc(Cl)c(C)c(-c2ccc(OC)cc2OC)n1. The molecule has 4 nitrogen and oxygen atoms in total. The van der Waals surface area contributed by atoms with Crippen LogP contribution in [0.25, 0.3) is 11.3 Å². The predicted octanol–water partition coefficient (Wildman–Crippen LogP) is 3.69. The van der Waals surface area contributed by atoms with Crippen molar-refractivity contribution < 1.29 is 9.47 Å². The Bertz CT molecular complexity index is 630. The molecule has 0 spiro atoms. The van der Waals surface area contributed by atoms with Crippen molar-refractivity contribution in [3.63, 3.8) is 0 Å². The molecule has 0 fully saturated rings. The van der Waals surface area contributed by atoms with Crippen LogP contribution in [0.4, 0.5) is 0 Å². The van der Waals surface area contributed by atoms with E-state index in [1.165, 1.54) is 0 Å². The number of aromatic nitrogens is 2. The third kappa shape index (κ3) is 2.70. The number of benzene rings is 1. The zero-order valence-electron chi connectivity index (χ0n) is 12.0. The summed E-state index contributed by atoms with van der Waals surface area (Å²) in [5, 5.41) is 0.477. The van der Waals surface area contributed by atoms with Crippen molar-refractivity contribution in [1.29, 1.82) is 0 Å². The number of hydrogen-bond acceptors (Lipinski definition) is 4. The van der Waals surface area contributed by atoms with Gasteiger partial charge in [-0.05, 0) is 19.1 Å². The summed E-state index contributed by atoms with van der Waals surface area (Å²) in [6.07, 6.45) is 0.728. The Kier molecular flexibility index (Phi) is 4.45. The summed E-state index contributed by atoms with van der Waals surface area (Å²) in [5.74, 6) is 2.15. The van der Waals surface area contributed by atoms with Crippen LogP contribution in [-0.2, 0) is 6.42 Å². The van der Waals surface area contributed by atoms with Gasteiger partial charge in [0.2, 0.25) is 0 Å². The van der Waals surface area contributed by atoms with Gasteiger partial charge in [-0.25, -0.2) is 9.97 Å². The Morgan fingerprint density at radius 3 is 2.50 bits per heavy atom. The molecule has 0 saturated carbocycles. The van der Waals surface area contributed by atoms with Crippen molar-refractivity contribution in [3.05, 3.63) is 34.7 Å². The van der Waals surface area contributed by atoms with E-state index in [1.54, 1.807) is 14.2 Å². The van der Waals surface area contributed by atoms with E-state index in [-0.39, 0.29) is 0 Å². The molecule has 2 rings (SSSR count). The Labute approximate surface area is 123 Å². The minimum Gasteiger partial charge on any atom is -0.497 e. The fourth-order valence-electron chi connectivity index (χ4n) is 1.95. The van der Waals surface area contributed by atoms with Gasteiger partial charge in [-0.1, -0.05) is 18.5 Å². The minimum absolute atomic E-state index is 0.477. The summed E-state index contributed by atoms with van der Waals surface area (Å²) in [4.78, 5) is 8.82. The van der Waals surface area contributed by atoms with E-state index in [1.807, 2.05) is 32.0 Å². The van der Waals surface area contributed by atoms with Crippen molar-refractivity contribution in [1.82, 2.24) is 9.97 Å². The smallest absolute Gasteiger partial charge is 0.136 e. The first-order valence-corrected chi connectivity index (χ1v) is 6.73. The molecular weight excluding hydrogens is 276 g/mol. The summed E-state index contributed by atoms with van der Waals surface area (Å²) in [6.45, 7) is 3.90.